The van der Waals surface area contributed by atoms with Crippen molar-refractivity contribution in [3.05, 3.63) is 48.2 Å². The van der Waals surface area contributed by atoms with Crippen LogP contribution in [0.25, 0.3) is 16.7 Å². The highest BCUT2D eigenvalue weighted by atomic mass is 19.3. The molecule has 7 nitrogen and oxygen atoms in total. The van der Waals surface area contributed by atoms with Gasteiger partial charge in [0.2, 0.25) is 0 Å². The number of amides is 1. The van der Waals surface area contributed by atoms with Crippen LogP contribution in [0.1, 0.15) is 46.6 Å². The second-order valence-electron chi connectivity index (χ2n) is 9.61. The van der Waals surface area contributed by atoms with Crippen LogP contribution >= 0.6 is 0 Å². The molecule has 0 unspecified atom stereocenters. The molecule has 2 aromatic heterocycles. The number of ether oxygens (including phenoxy) is 1. The summed E-state index contributed by atoms with van der Waals surface area (Å²) in [6.07, 6.45) is -0.587. The Balaban J connectivity index is 1.75. The molecule has 1 amide bonds. The van der Waals surface area contributed by atoms with E-state index in [2.05, 4.69) is 9.97 Å². The van der Waals surface area contributed by atoms with E-state index in [4.69, 9.17) is 4.74 Å². The summed E-state index contributed by atoms with van der Waals surface area (Å²) in [5.74, 6) is -0.119. The number of alkyl halides is 2. The molecule has 4 rings (SSSR count). The van der Waals surface area contributed by atoms with Gasteiger partial charge in [-0.05, 0) is 52.8 Å². The lowest BCUT2D eigenvalue weighted by Gasteiger charge is -2.44. The van der Waals surface area contributed by atoms with Gasteiger partial charge in [-0.1, -0.05) is 6.07 Å². The average molecular weight is 476 g/mol. The number of carbonyl (C=O) groups is 1. The fourth-order valence-electron chi connectivity index (χ4n) is 4.28. The second-order valence-corrected chi connectivity index (χ2v) is 9.61. The molecule has 0 spiro atoms. The summed E-state index contributed by atoms with van der Waals surface area (Å²) in [5, 5.41) is 0.214. The van der Waals surface area contributed by atoms with Crippen molar-refractivity contribution >= 4 is 22.9 Å². The minimum Gasteiger partial charge on any atom is -0.444 e. The number of anilines is 1. The minimum atomic E-state index is -2.78. The third kappa shape index (κ3) is 4.53. The molecular weight excluding hydrogens is 447 g/mol. The van der Waals surface area contributed by atoms with Gasteiger partial charge in [-0.25, -0.2) is 27.9 Å². The third-order valence-corrected chi connectivity index (χ3v) is 5.80. The number of halogens is 3. The predicted octanol–water partition coefficient (Wildman–Crippen LogP) is 5.33. The van der Waals surface area contributed by atoms with Gasteiger partial charge in [0.25, 0.3) is 6.43 Å². The molecule has 0 saturated carbocycles. The normalized spacial score (nSPS) is 19.2. The molecule has 3 heterocycles. The van der Waals surface area contributed by atoms with Crippen LogP contribution in [0.15, 0.2) is 36.8 Å². The van der Waals surface area contributed by atoms with Crippen molar-refractivity contribution < 1.29 is 22.7 Å². The molecule has 34 heavy (non-hydrogen) atoms. The van der Waals surface area contributed by atoms with E-state index in [9.17, 15) is 18.0 Å². The smallest absolute Gasteiger partial charge is 0.410 e. The Kier molecular flexibility index (Phi) is 6.18. The molecule has 10 heteroatoms. The van der Waals surface area contributed by atoms with Crippen molar-refractivity contribution in [2.45, 2.75) is 58.7 Å². The van der Waals surface area contributed by atoms with Crippen LogP contribution in [0.2, 0.25) is 0 Å². The van der Waals surface area contributed by atoms with E-state index in [-0.39, 0.29) is 28.7 Å². The Morgan fingerprint density at radius 1 is 1.15 bits per heavy atom. The SMILES string of the molecule is C[C@@H]1CN(c2ncnc3c2c(C(F)F)cn3-c2cccc(F)c2)[C@@H](C)CN1C(=O)OC(C)(C)C. The summed E-state index contributed by atoms with van der Waals surface area (Å²) < 4.78 is 49.1. The maximum atomic E-state index is 14.1. The van der Waals surface area contributed by atoms with Gasteiger partial charge in [-0.2, -0.15) is 0 Å². The molecule has 0 bridgehead atoms. The molecule has 1 aliphatic rings. The Labute approximate surface area is 196 Å². The van der Waals surface area contributed by atoms with E-state index in [1.54, 1.807) is 11.0 Å². The van der Waals surface area contributed by atoms with Crippen molar-refractivity contribution in [3.63, 3.8) is 0 Å². The van der Waals surface area contributed by atoms with Gasteiger partial charge in [-0.15, -0.1) is 0 Å². The number of hydrogen-bond acceptors (Lipinski definition) is 5. The summed E-state index contributed by atoms with van der Waals surface area (Å²) in [6, 6.07) is 5.24. The van der Waals surface area contributed by atoms with Crippen LogP contribution in [0.3, 0.4) is 0 Å². The van der Waals surface area contributed by atoms with Gasteiger partial charge in [0.1, 0.15) is 23.6 Å². The van der Waals surface area contributed by atoms with E-state index in [0.29, 0.717) is 24.6 Å². The van der Waals surface area contributed by atoms with Gasteiger partial charge in [0, 0.05) is 42.6 Å². The highest BCUT2D eigenvalue weighted by Crippen LogP contribution is 2.37. The molecule has 0 aliphatic carbocycles. The summed E-state index contributed by atoms with van der Waals surface area (Å²) in [4.78, 5) is 24.9. The highest BCUT2D eigenvalue weighted by molar-refractivity contribution is 5.93. The van der Waals surface area contributed by atoms with Crippen molar-refractivity contribution in [3.8, 4) is 5.69 Å². The van der Waals surface area contributed by atoms with E-state index >= 15 is 0 Å². The van der Waals surface area contributed by atoms with E-state index < -0.39 is 23.9 Å². The Morgan fingerprint density at radius 2 is 1.88 bits per heavy atom. The molecular formula is C24H28F3N5O2. The number of nitrogens with zero attached hydrogens (tertiary/aromatic N) is 5. The minimum absolute atomic E-state index is 0.214. The first-order chi connectivity index (χ1) is 16.0. The summed E-state index contributed by atoms with van der Waals surface area (Å²) in [5.41, 5.74) is -0.204. The Bertz CT molecular complexity index is 1210. The fourth-order valence-corrected chi connectivity index (χ4v) is 4.28. The first-order valence-electron chi connectivity index (χ1n) is 11.1. The van der Waals surface area contributed by atoms with E-state index in [1.807, 2.05) is 39.5 Å². The molecule has 3 aromatic rings. The lowest BCUT2D eigenvalue weighted by Crippen LogP contribution is -2.59. The number of benzene rings is 1. The van der Waals surface area contributed by atoms with Gasteiger partial charge >= 0.3 is 6.09 Å². The zero-order valence-electron chi connectivity index (χ0n) is 19.8. The second kappa shape index (κ2) is 8.81. The Hall–Kier alpha value is -3.30. The van der Waals surface area contributed by atoms with Crippen LogP contribution in [0, 0.1) is 5.82 Å². The van der Waals surface area contributed by atoms with Crippen LogP contribution in [-0.4, -0.2) is 56.3 Å². The van der Waals surface area contributed by atoms with E-state index in [0.717, 1.165) is 0 Å². The largest absolute Gasteiger partial charge is 0.444 e. The van der Waals surface area contributed by atoms with E-state index in [1.165, 1.54) is 35.3 Å². The zero-order chi connectivity index (χ0) is 24.8. The molecule has 1 fully saturated rings. The van der Waals surface area contributed by atoms with Crippen molar-refractivity contribution in [2.75, 3.05) is 18.0 Å². The first-order valence-corrected chi connectivity index (χ1v) is 11.1. The average Bonchev–Trinajstić information content (AvgIpc) is 3.14. The summed E-state index contributed by atoms with van der Waals surface area (Å²) >= 11 is 0. The van der Waals surface area contributed by atoms with Gasteiger partial charge in [-0.3, -0.25) is 0 Å². The maximum absolute atomic E-state index is 14.1. The highest BCUT2D eigenvalue weighted by Gasteiger charge is 2.36. The molecule has 1 saturated heterocycles. The molecule has 2 atom stereocenters. The zero-order valence-corrected chi connectivity index (χ0v) is 19.8. The summed E-state index contributed by atoms with van der Waals surface area (Å²) in [7, 11) is 0. The van der Waals surface area contributed by atoms with Crippen LogP contribution in [-0.2, 0) is 4.74 Å². The summed E-state index contributed by atoms with van der Waals surface area (Å²) in [6.45, 7) is 9.93. The third-order valence-electron chi connectivity index (χ3n) is 5.80. The Morgan fingerprint density at radius 3 is 2.53 bits per heavy atom. The van der Waals surface area contributed by atoms with Gasteiger partial charge < -0.3 is 19.1 Å². The number of rotatable bonds is 3. The maximum Gasteiger partial charge on any atom is 0.410 e. The van der Waals surface area contributed by atoms with Crippen molar-refractivity contribution in [1.29, 1.82) is 0 Å². The standard InChI is InChI=1S/C24H28F3N5O2/c1-14-11-31(23(33)34-24(3,4)5)15(2)10-30(14)21-19-18(20(26)27)12-32(22(19)29-13-28-21)17-8-6-7-16(25)9-17/h6-9,12-15,20H,10-11H2,1-5H3/t14-,15+/m0/s1. The fraction of sp³-hybridized carbons (Fsp3) is 0.458. The monoisotopic (exact) mass is 475 g/mol. The molecule has 0 N–H and O–H groups in total. The number of hydrogen-bond donors (Lipinski definition) is 0. The number of carbonyl (C=O) groups excluding carboxylic acids is 1. The van der Waals surface area contributed by atoms with Crippen molar-refractivity contribution in [2.24, 2.45) is 0 Å². The van der Waals surface area contributed by atoms with Crippen molar-refractivity contribution in [1.82, 2.24) is 19.4 Å². The number of piperazine rings is 1. The number of fused-ring (bicyclic) bond motifs is 1. The quantitative estimate of drug-likeness (QED) is 0.512. The molecule has 1 aliphatic heterocycles. The lowest BCUT2D eigenvalue weighted by atomic mass is 10.1. The molecule has 182 valence electrons. The predicted molar refractivity (Wildman–Crippen MR) is 123 cm³/mol. The van der Waals surface area contributed by atoms with Gasteiger partial charge in [0.05, 0.1) is 5.39 Å². The van der Waals surface area contributed by atoms with Crippen LogP contribution in [0.5, 0.6) is 0 Å². The lowest BCUT2D eigenvalue weighted by molar-refractivity contribution is 0.0130. The van der Waals surface area contributed by atoms with Crippen LogP contribution in [0.4, 0.5) is 23.8 Å². The van der Waals surface area contributed by atoms with Crippen LogP contribution < -0.4 is 4.90 Å². The molecule has 1 aromatic carbocycles. The van der Waals surface area contributed by atoms with Gasteiger partial charge in [0.15, 0.2) is 5.65 Å². The first kappa shape index (κ1) is 23.8. The topological polar surface area (TPSA) is 63.5 Å². The molecule has 0 radical (unpaired) electrons. The number of aromatic nitrogens is 3.